The SMILES string of the molecule is O=C(NCc1ccccc1)[C@@H]1CN(C(=O)CN(CCc2ccccc2)S(=O)(=O)c2cc(Cl)ccc2Cl)c2ccccc2O1. The molecular formula is C32H29Cl2N3O5S. The molecular weight excluding hydrogens is 609 g/mol. The predicted molar refractivity (Wildman–Crippen MR) is 167 cm³/mol. The first kappa shape index (κ1) is 30.6. The number of hydrogen-bond acceptors (Lipinski definition) is 5. The van der Waals surface area contributed by atoms with Gasteiger partial charge in [0.25, 0.3) is 5.91 Å². The summed E-state index contributed by atoms with van der Waals surface area (Å²) in [5.41, 5.74) is 2.26. The largest absolute Gasteiger partial charge is 0.477 e. The number of rotatable bonds is 10. The lowest BCUT2D eigenvalue weighted by Gasteiger charge is -2.35. The monoisotopic (exact) mass is 637 g/mol. The zero-order valence-electron chi connectivity index (χ0n) is 23.0. The molecule has 0 bridgehead atoms. The molecule has 0 unspecified atom stereocenters. The standard InChI is InChI=1S/C32H29Cl2N3O5S/c33-25-15-16-26(34)30(19-25)43(40,41)36(18-17-23-9-3-1-4-10-23)22-31(38)37-21-29(42-28-14-8-7-13-27(28)37)32(39)35-20-24-11-5-2-6-12-24/h1-16,19,29H,17-18,20-22H2,(H,35,39)/t29-/m0/s1. The minimum Gasteiger partial charge on any atom is -0.477 e. The first-order chi connectivity index (χ1) is 20.7. The molecule has 8 nitrogen and oxygen atoms in total. The summed E-state index contributed by atoms with van der Waals surface area (Å²) in [5.74, 6) is -0.569. The maximum absolute atomic E-state index is 13.9. The first-order valence-corrected chi connectivity index (χ1v) is 15.8. The van der Waals surface area contributed by atoms with Crippen molar-refractivity contribution in [1.82, 2.24) is 9.62 Å². The van der Waals surface area contributed by atoms with Gasteiger partial charge in [-0.3, -0.25) is 9.59 Å². The molecule has 1 atom stereocenters. The number of fused-ring (bicyclic) bond motifs is 1. The Balaban J connectivity index is 1.40. The van der Waals surface area contributed by atoms with Gasteiger partial charge in [-0.2, -0.15) is 4.31 Å². The number of para-hydroxylation sites is 2. The zero-order valence-corrected chi connectivity index (χ0v) is 25.4. The molecule has 1 heterocycles. The van der Waals surface area contributed by atoms with Gasteiger partial charge >= 0.3 is 0 Å². The summed E-state index contributed by atoms with van der Waals surface area (Å²) in [5, 5.41) is 3.05. The van der Waals surface area contributed by atoms with Crippen molar-refractivity contribution in [3.05, 3.63) is 124 Å². The number of ether oxygens (including phenoxy) is 1. The summed E-state index contributed by atoms with van der Waals surface area (Å²) >= 11 is 12.4. The second kappa shape index (κ2) is 13.6. The van der Waals surface area contributed by atoms with Crippen LogP contribution in [0.3, 0.4) is 0 Å². The van der Waals surface area contributed by atoms with Gasteiger partial charge in [-0.1, -0.05) is 96.0 Å². The smallest absolute Gasteiger partial charge is 0.263 e. The number of sulfonamides is 1. The van der Waals surface area contributed by atoms with Gasteiger partial charge < -0.3 is 15.0 Å². The van der Waals surface area contributed by atoms with Crippen molar-refractivity contribution in [2.24, 2.45) is 0 Å². The molecule has 0 saturated carbocycles. The molecule has 0 saturated heterocycles. The molecule has 4 aromatic rings. The second-order valence-corrected chi connectivity index (χ2v) is 12.7. The summed E-state index contributed by atoms with van der Waals surface area (Å²) in [6.07, 6.45) is -0.644. The van der Waals surface area contributed by atoms with Crippen LogP contribution < -0.4 is 15.0 Å². The maximum atomic E-state index is 13.9. The van der Waals surface area contributed by atoms with E-state index in [1.54, 1.807) is 24.3 Å². The summed E-state index contributed by atoms with van der Waals surface area (Å²) in [6, 6.07) is 29.8. The van der Waals surface area contributed by atoms with E-state index in [0.717, 1.165) is 15.4 Å². The number of nitrogens with one attached hydrogen (secondary N) is 1. The molecule has 2 amide bonds. The molecule has 1 aliphatic rings. The van der Waals surface area contributed by atoms with E-state index >= 15 is 0 Å². The van der Waals surface area contributed by atoms with Crippen molar-refractivity contribution >= 4 is 50.7 Å². The molecule has 11 heteroatoms. The molecule has 0 radical (unpaired) electrons. The fourth-order valence-corrected chi connectivity index (χ4v) is 6.87. The van der Waals surface area contributed by atoms with Crippen molar-refractivity contribution < 1.29 is 22.7 Å². The molecule has 5 rings (SSSR count). The summed E-state index contributed by atoms with van der Waals surface area (Å²) in [4.78, 5) is 28.3. The van der Waals surface area contributed by atoms with Crippen LogP contribution in [0.5, 0.6) is 5.75 Å². The van der Waals surface area contributed by atoms with Gasteiger partial charge in [-0.15, -0.1) is 0 Å². The van der Waals surface area contributed by atoms with E-state index in [2.05, 4.69) is 5.32 Å². The zero-order chi connectivity index (χ0) is 30.4. The van der Waals surface area contributed by atoms with E-state index in [0.29, 0.717) is 24.4 Å². The summed E-state index contributed by atoms with van der Waals surface area (Å²) < 4.78 is 34.9. The van der Waals surface area contributed by atoms with E-state index < -0.39 is 34.5 Å². The molecule has 0 aliphatic carbocycles. The average molecular weight is 639 g/mol. The van der Waals surface area contributed by atoms with Gasteiger partial charge in [0.2, 0.25) is 15.9 Å². The van der Waals surface area contributed by atoms with Crippen LogP contribution >= 0.6 is 23.2 Å². The van der Waals surface area contributed by atoms with Crippen LogP contribution in [0.25, 0.3) is 0 Å². The Hall–Kier alpha value is -3.89. The van der Waals surface area contributed by atoms with Gasteiger partial charge in [-0.05, 0) is 47.9 Å². The van der Waals surface area contributed by atoms with E-state index in [1.807, 2.05) is 60.7 Å². The number of nitrogens with zero attached hydrogens (tertiary/aromatic N) is 2. The van der Waals surface area contributed by atoms with Crippen LogP contribution in [0.2, 0.25) is 10.0 Å². The molecule has 0 fully saturated rings. The maximum Gasteiger partial charge on any atom is 0.263 e. The molecule has 0 aromatic heterocycles. The van der Waals surface area contributed by atoms with Crippen LogP contribution in [0.15, 0.2) is 108 Å². The van der Waals surface area contributed by atoms with Crippen molar-refractivity contribution in [1.29, 1.82) is 0 Å². The van der Waals surface area contributed by atoms with E-state index in [1.165, 1.54) is 23.1 Å². The minimum atomic E-state index is -4.25. The topological polar surface area (TPSA) is 96.0 Å². The Labute approximate surface area is 260 Å². The Bertz CT molecular complexity index is 1700. The highest BCUT2D eigenvalue weighted by Gasteiger charge is 2.36. The molecule has 1 aliphatic heterocycles. The van der Waals surface area contributed by atoms with Gasteiger partial charge in [0, 0.05) is 18.1 Å². The van der Waals surface area contributed by atoms with Gasteiger partial charge in [0.15, 0.2) is 6.10 Å². The normalized spacial score (nSPS) is 14.6. The van der Waals surface area contributed by atoms with Gasteiger partial charge in [0.1, 0.15) is 10.6 Å². The number of anilines is 1. The Morgan fingerprint density at radius 2 is 1.53 bits per heavy atom. The molecule has 0 spiro atoms. The molecule has 222 valence electrons. The number of halogens is 2. The summed E-state index contributed by atoms with van der Waals surface area (Å²) in [7, 11) is -4.25. The third kappa shape index (κ3) is 7.37. The quantitative estimate of drug-likeness (QED) is 0.253. The fraction of sp³-hybridized carbons (Fsp3) is 0.188. The van der Waals surface area contributed by atoms with Gasteiger partial charge in [-0.25, -0.2) is 8.42 Å². The Morgan fingerprint density at radius 3 is 2.26 bits per heavy atom. The lowest BCUT2D eigenvalue weighted by molar-refractivity contribution is -0.128. The number of carbonyl (C=O) groups is 2. The van der Waals surface area contributed by atoms with Crippen LogP contribution in [0.4, 0.5) is 5.69 Å². The number of hydrogen-bond donors (Lipinski definition) is 1. The fourth-order valence-electron chi connectivity index (χ4n) is 4.74. The highest BCUT2D eigenvalue weighted by Crippen LogP contribution is 2.34. The average Bonchev–Trinajstić information content (AvgIpc) is 3.03. The lowest BCUT2D eigenvalue weighted by atomic mass is 10.1. The number of carbonyl (C=O) groups excluding carboxylic acids is 2. The van der Waals surface area contributed by atoms with Gasteiger partial charge in [0.05, 0.1) is 23.8 Å². The Kier molecular flexibility index (Phi) is 9.67. The minimum absolute atomic E-state index is 0.00608. The lowest BCUT2D eigenvalue weighted by Crippen LogP contribution is -2.53. The van der Waals surface area contributed by atoms with Crippen molar-refractivity contribution in [3.8, 4) is 5.75 Å². The number of amides is 2. The van der Waals surface area contributed by atoms with Crippen LogP contribution in [-0.2, 0) is 32.6 Å². The number of benzene rings is 4. The molecule has 1 N–H and O–H groups in total. The molecule has 4 aromatic carbocycles. The molecule has 43 heavy (non-hydrogen) atoms. The van der Waals surface area contributed by atoms with Crippen molar-refractivity contribution in [3.63, 3.8) is 0 Å². The van der Waals surface area contributed by atoms with Crippen LogP contribution in [0.1, 0.15) is 11.1 Å². The van der Waals surface area contributed by atoms with Crippen molar-refractivity contribution in [2.75, 3.05) is 24.5 Å². The van der Waals surface area contributed by atoms with Crippen LogP contribution in [-0.4, -0.2) is 50.3 Å². The van der Waals surface area contributed by atoms with Crippen LogP contribution in [0, 0.1) is 0 Å². The third-order valence-electron chi connectivity index (χ3n) is 6.99. The van der Waals surface area contributed by atoms with E-state index in [-0.39, 0.29) is 28.0 Å². The predicted octanol–water partition coefficient (Wildman–Crippen LogP) is 5.34. The van der Waals surface area contributed by atoms with E-state index in [9.17, 15) is 18.0 Å². The van der Waals surface area contributed by atoms with E-state index in [4.69, 9.17) is 27.9 Å². The third-order valence-corrected chi connectivity index (χ3v) is 9.55. The first-order valence-electron chi connectivity index (χ1n) is 13.6. The van der Waals surface area contributed by atoms with Crippen molar-refractivity contribution in [2.45, 2.75) is 24.0 Å². The highest BCUT2D eigenvalue weighted by atomic mass is 35.5. The Morgan fingerprint density at radius 1 is 0.884 bits per heavy atom. The highest BCUT2D eigenvalue weighted by molar-refractivity contribution is 7.89. The summed E-state index contributed by atoms with van der Waals surface area (Å²) in [6.45, 7) is -0.291. The second-order valence-electron chi connectivity index (χ2n) is 9.93.